The molecule has 0 aliphatic carbocycles. The normalized spacial score (nSPS) is 23.9. The summed E-state index contributed by atoms with van der Waals surface area (Å²) < 4.78 is 7.77. The maximum absolute atomic E-state index is 12.4. The molecule has 3 aliphatic rings. The highest BCUT2D eigenvalue weighted by atomic mass is 16.5. The molecule has 1 aromatic rings. The first-order valence-electron chi connectivity index (χ1n) is 10.8. The number of nitrogens with one attached hydrogen (secondary N) is 1. The van der Waals surface area contributed by atoms with Gasteiger partial charge in [-0.05, 0) is 50.9 Å². The summed E-state index contributed by atoms with van der Waals surface area (Å²) in [5.41, 5.74) is 0. The Bertz CT molecular complexity index is 618. The van der Waals surface area contributed by atoms with Gasteiger partial charge in [0.1, 0.15) is 11.6 Å². The van der Waals surface area contributed by atoms with Gasteiger partial charge in [-0.1, -0.05) is 6.42 Å². The molecule has 2 saturated heterocycles. The quantitative estimate of drug-likeness (QED) is 0.803. The fourth-order valence-electron chi connectivity index (χ4n) is 4.66. The van der Waals surface area contributed by atoms with Crippen LogP contribution in [0.4, 0.5) is 4.79 Å². The van der Waals surface area contributed by atoms with Crippen LogP contribution in [0.1, 0.15) is 68.9 Å². The van der Waals surface area contributed by atoms with E-state index in [0.717, 1.165) is 83.1 Å². The summed E-state index contributed by atoms with van der Waals surface area (Å²) >= 11 is 0. The van der Waals surface area contributed by atoms with Gasteiger partial charge in [-0.3, -0.25) is 0 Å². The van der Waals surface area contributed by atoms with Crippen molar-refractivity contribution < 1.29 is 9.53 Å². The Morgan fingerprint density at radius 1 is 1.11 bits per heavy atom. The SMILES string of the molecule is O=C(NCCC[C@H]1CCOC1)N1CCC(c2nnc3n2CCCCC3)CC1. The standard InChI is InChI=1S/C20H33N5O2/c26-20(21-10-4-5-16-9-14-27-15-16)24-12-7-17(8-13-24)19-23-22-18-6-2-1-3-11-25(18)19/h16-17H,1-15H2,(H,21,26)/t16-/m0/s1. The van der Waals surface area contributed by atoms with Crippen molar-refractivity contribution in [3.05, 3.63) is 11.6 Å². The van der Waals surface area contributed by atoms with Crippen molar-refractivity contribution in [1.29, 1.82) is 0 Å². The number of carbonyl (C=O) groups excluding carboxylic acids is 1. The van der Waals surface area contributed by atoms with Crippen LogP contribution in [-0.2, 0) is 17.7 Å². The molecule has 3 aliphatic heterocycles. The van der Waals surface area contributed by atoms with Crippen molar-refractivity contribution in [3.8, 4) is 0 Å². The highest BCUT2D eigenvalue weighted by Crippen LogP contribution is 2.29. The zero-order chi connectivity index (χ0) is 18.5. The van der Waals surface area contributed by atoms with E-state index in [4.69, 9.17) is 4.74 Å². The van der Waals surface area contributed by atoms with Crippen molar-refractivity contribution >= 4 is 6.03 Å². The van der Waals surface area contributed by atoms with Gasteiger partial charge < -0.3 is 19.5 Å². The molecule has 7 heteroatoms. The largest absolute Gasteiger partial charge is 0.381 e. The second-order valence-corrected chi connectivity index (χ2v) is 8.30. The zero-order valence-electron chi connectivity index (χ0n) is 16.4. The lowest BCUT2D eigenvalue weighted by molar-refractivity contribution is 0.178. The lowest BCUT2D eigenvalue weighted by Crippen LogP contribution is -2.44. The van der Waals surface area contributed by atoms with Crippen LogP contribution >= 0.6 is 0 Å². The number of fused-ring (bicyclic) bond motifs is 1. The van der Waals surface area contributed by atoms with Crippen molar-refractivity contribution in [2.75, 3.05) is 32.8 Å². The maximum Gasteiger partial charge on any atom is 0.317 e. The molecule has 0 unspecified atom stereocenters. The highest BCUT2D eigenvalue weighted by molar-refractivity contribution is 5.74. The van der Waals surface area contributed by atoms with Crippen LogP contribution in [0.15, 0.2) is 0 Å². The van der Waals surface area contributed by atoms with Crippen LogP contribution < -0.4 is 5.32 Å². The van der Waals surface area contributed by atoms with Gasteiger partial charge in [0, 0.05) is 51.7 Å². The number of aromatic nitrogens is 3. The van der Waals surface area contributed by atoms with E-state index >= 15 is 0 Å². The summed E-state index contributed by atoms with van der Waals surface area (Å²) in [5.74, 6) is 3.45. The van der Waals surface area contributed by atoms with Crippen molar-refractivity contribution in [1.82, 2.24) is 25.0 Å². The van der Waals surface area contributed by atoms with E-state index in [1.807, 2.05) is 4.90 Å². The van der Waals surface area contributed by atoms with E-state index in [2.05, 4.69) is 20.1 Å². The minimum absolute atomic E-state index is 0.0937. The molecule has 1 aromatic heterocycles. The van der Waals surface area contributed by atoms with Gasteiger partial charge in [-0.15, -0.1) is 10.2 Å². The van der Waals surface area contributed by atoms with E-state index in [1.165, 1.54) is 25.7 Å². The lowest BCUT2D eigenvalue weighted by Gasteiger charge is -2.31. The smallest absolute Gasteiger partial charge is 0.317 e. The minimum atomic E-state index is 0.0937. The number of piperidine rings is 1. The first-order valence-corrected chi connectivity index (χ1v) is 10.8. The molecule has 0 saturated carbocycles. The fraction of sp³-hybridized carbons (Fsp3) is 0.850. The Hall–Kier alpha value is -1.63. The van der Waals surface area contributed by atoms with Crippen molar-refractivity contribution in [3.63, 3.8) is 0 Å². The Kier molecular flexibility index (Phi) is 6.27. The van der Waals surface area contributed by atoms with Gasteiger partial charge in [0.15, 0.2) is 0 Å². The summed E-state index contributed by atoms with van der Waals surface area (Å²) in [4.78, 5) is 14.4. The molecule has 0 spiro atoms. The van der Waals surface area contributed by atoms with Gasteiger partial charge >= 0.3 is 6.03 Å². The monoisotopic (exact) mass is 375 g/mol. The molecule has 150 valence electrons. The Labute approximate surface area is 161 Å². The summed E-state index contributed by atoms with van der Waals surface area (Å²) in [7, 11) is 0. The molecule has 2 fully saturated rings. The van der Waals surface area contributed by atoms with Crippen LogP contribution in [0.25, 0.3) is 0 Å². The van der Waals surface area contributed by atoms with E-state index in [1.54, 1.807) is 0 Å². The predicted molar refractivity (Wildman–Crippen MR) is 103 cm³/mol. The van der Waals surface area contributed by atoms with E-state index in [-0.39, 0.29) is 6.03 Å². The molecular formula is C20H33N5O2. The Morgan fingerprint density at radius 2 is 2.00 bits per heavy atom. The third-order valence-electron chi connectivity index (χ3n) is 6.37. The Balaban J connectivity index is 1.20. The lowest BCUT2D eigenvalue weighted by atomic mass is 9.96. The topological polar surface area (TPSA) is 72.3 Å². The number of hydrogen-bond donors (Lipinski definition) is 1. The van der Waals surface area contributed by atoms with Crippen LogP contribution in [0, 0.1) is 5.92 Å². The predicted octanol–water partition coefficient (Wildman–Crippen LogP) is 2.71. The maximum atomic E-state index is 12.4. The summed E-state index contributed by atoms with van der Waals surface area (Å²) in [6, 6.07) is 0.0937. The minimum Gasteiger partial charge on any atom is -0.381 e. The number of hydrogen-bond acceptors (Lipinski definition) is 4. The molecule has 0 bridgehead atoms. The number of amides is 2. The molecule has 4 heterocycles. The molecule has 0 aromatic carbocycles. The van der Waals surface area contributed by atoms with E-state index in [0.29, 0.717) is 11.8 Å². The zero-order valence-corrected chi connectivity index (χ0v) is 16.4. The molecule has 2 amide bonds. The highest BCUT2D eigenvalue weighted by Gasteiger charge is 2.28. The summed E-state index contributed by atoms with van der Waals surface area (Å²) in [5, 5.41) is 12.1. The number of carbonyl (C=O) groups is 1. The number of urea groups is 1. The van der Waals surface area contributed by atoms with Crippen molar-refractivity contribution in [2.24, 2.45) is 5.92 Å². The van der Waals surface area contributed by atoms with E-state index < -0.39 is 0 Å². The average molecular weight is 376 g/mol. The molecule has 7 nitrogen and oxygen atoms in total. The molecule has 1 atom stereocenters. The number of likely N-dealkylation sites (tertiary alicyclic amines) is 1. The van der Waals surface area contributed by atoms with Gasteiger partial charge in [-0.25, -0.2) is 4.79 Å². The average Bonchev–Trinajstić information content (AvgIpc) is 3.30. The number of rotatable bonds is 5. The summed E-state index contributed by atoms with van der Waals surface area (Å²) in [6.07, 6.45) is 10.2. The first-order chi connectivity index (χ1) is 13.3. The van der Waals surface area contributed by atoms with Gasteiger partial charge in [0.25, 0.3) is 0 Å². The molecule has 1 N–H and O–H groups in total. The van der Waals surface area contributed by atoms with Crippen LogP contribution in [0.2, 0.25) is 0 Å². The second-order valence-electron chi connectivity index (χ2n) is 8.30. The van der Waals surface area contributed by atoms with Gasteiger partial charge in [-0.2, -0.15) is 0 Å². The fourth-order valence-corrected chi connectivity index (χ4v) is 4.66. The van der Waals surface area contributed by atoms with Crippen LogP contribution in [0.3, 0.4) is 0 Å². The molecular weight excluding hydrogens is 342 g/mol. The van der Waals surface area contributed by atoms with E-state index in [9.17, 15) is 4.79 Å². The van der Waals surface area contributed by atoms with Gasteiger partial charge in [0.05, 0.1) is 0 Å². The number of ether oxygens (including phenoxy) is 1. The van der Waals surface area contributed by atoms with Crippen molar-refractivity contribution in [2.45, 2.75) is 70.3 Å². The molecule has 4 rings (SSSR count). The summed E-state index contributed by atoms with van der Waals surface area (Å²) in [6.45, 7) is 5.26. The molecule has 0 radical (unpaired) electrons. The van der Waals surface area contributed by atoms with Crippen LogP contribution in [0.5, 0.6) is 0 Å². The second kappa shape index (κ2) is 9.04. The van der Waals surface area contributed by atoms with Crippen LogP contribution in [-0.4, -0.2) is 58.5 Å². The number of nitrogens with zero attached hydrogens (tertiary/aromatic N) is 4. The Morgan fingerprint density at radius 3 is 2.81 bits per heavy atom. The number of aryl methyl sites for hydroxylation is 1. The molecule has 27 heavy (non-hydrogen) atoms. The third kappa shape index (κ3) is 4.62. The van der Waals surface area contributed by atoms with Gasteiger partial charge in [0.2, 0.25) is 0 Å². The third-order valence-corrected chi connectivity index (χ3v) is 6.37. The first kappa shape index (κ1) is 18.7.